The van der Waals surface area contributed by atoms with Crippen LogP contribution in [0.4, 0.5) is 0 Å². The molecule has 1 atom stereocenters. The van der Waals surface area contributed by atoms with E-state index >= 15 is 0 Å². The molecule has 0 aliphatic carbocycles. The van der Waals surface area contributed by atoms with Crippen molar-refractivity contribution in [2.75, 3.05) is 0 Å². The number of hydrogen-bond acceptors (Lipinski definition) is 5. The maximum absolute atomic E-state index is 7.06. The van der Waals surface area contributed by atoms with Crippen molar-refractivity contribution in [2.24, 2.45) is 15.9 Å². The molecule has 0 spiro atoms. The number of hydrogen-bond donors (Lipinski definition) is 0. The predicted octanol–water partition coefficient (Wildman–Crippen LogP) is 18.7. The number of rotatable bonds is 4. The SMILES string of the molecule is CC1C/C=C(c2cc3c(cc2-n2c4cc5ccccc5cc4c4c5ccccc5ccc42)oc2c4ccccc4ccc32)/N=C(c2cccc3c2oc2ccccc23)\N=C/1c1cccc2c1sc1ccccc12. The van der Waals surface area contributed by atoms with Crippen LogP contribution in [-0.2, 0) is 0 Å². The van der Waals surface area contributed by atoms with Crippen LogP contribution in [0.1, 0.15) is 30.0 Å². The lowest BCUT2D eigenvalue weighted by Crippen LogP contribution is -2.17. The summed E-state index contributed by atoms with van der Waals surface area (Å²) in [4.78, 5) is 11.7. The van der Waals surface area contributed by atoms with Crippen LogP contribution in [0, 0.1) is 5.92 Å². The minimum atomic E-state index is 0.0189. The molecule has 342 valence electrons. The second-order valence-corrected chi connectivity index (χ2v) is 20.6. The molecule has 0 saturated heterocycles. The van der Waals surface area contributed by atoms with Crippen molar-refractivity contribution < 1.29 is 8.83 Å². The third-order valence-electron chi connectivity index (χ3n) is 15.4. The van der Waals surface area contributed by atoms with E-state index in [9.17, 15) is 0 Å². The number of para-hydroxylation sites is 2. The first-order chi connectivity index (χ1) is 36.1. The number of aromatic nitrogens is 1. The van der Waals surface area contributed by atoms with E-state index in [0.29, 0.717) is 12.3 Å². The normalized spacial score (nSPS) is 16.8. The Morgan fingerprint density at radius 3 is 1.97 bits per heavy atom. The van der Waals surface area contributed by atoms with Crippen molar-refractivity contribution in [3.05, 3.63) is 229 Å². The molecular weight excluding hydrogens is 911 g/mol. The van der Waals surface area contributed by atoms with Gasteiger partial charge >= 0.3 is 0 Å². The van der Waals surface area contributed by atoms with Crippen LogP contribution in [0.25, 0.3) is 130 Å². The largest absolute Gasteiger partial charge is 0.455 e. The van der Waals surface area contributed by atoms with Crippen LogP contribution in [0.3, 0.4) is 0 Å². The molecule has 15 aromatic rings. The quantitative estimate of drug-likeness (QED) is 0.176. The van der Waals surface area contributed by atoms with E-state index < -0.39 is 0 Å². The van der Waals surface area contributed by atoms with E-state index in [4.69, 9.17) is 18.8 Å². The molecule has 5 nitrogen and oxygen atoms in total. The molecule has 0 radical (unpaired) electrons. The summed E-state index contributed by atoms with van der Waals surface area (Å²) in [6, 6.07) is 74.2. The van der Waals surface area contributed by atoms with Gasteiger partial charge in [0.25, 0.3) is 0 Å². The number of fused-ring (bicyclic) bond motifs is 17. The fourth-order valence-electron chi connectivity index (χ4n) is 12.0. The third-order valence-corrected chi connectivity index (χ3v) is 16.6. The highest BCUT2D eigenvalue weighted by atomic mass is 32.1. The molecule has 0 bridgehead atoms. The van der Waals surface area contributed by atoms with E-state index in [-0.39, 0.29) is 5.92 Å². The van der Waals surface area contributed by atoms with Crippen LogP contribution >= 0.6 is 11.3 Å². The summed E-state index contributed by atoms with van der Waals surface area (Å²) in [7, 11) is 0. The van der Waals surface area contributed by atoms with Gasteiger partial charge in [-0.2, -0.15) is 0 Å². The van der Waals surface area contributed by atoms with Gasteiger partial charge in [0.2, 0.25) is 0 Å². The lowest BCUT2D eigenvalue weighted by Gasteiger charge is -2.20. The maximum Gasteiger partial charge on any atom is 0.163 e. The van der Waals surface area contributed by atoms with Gasteiger partial charge in [0.15, 0.2) is 5.84 Å². The van der Waals surface area contributed by atoms with Crippen LogP contribution < -0.4 is 0 Å². The molecule has 1 aliphatic rings. The van der Waals surface area contributed by atoms with Crippen LogP contribution in [0.5, 0.6) is 0 Å². The van der Waals surface area contributed by atoms with Gasteiger partial charge in [-0.3, -0.25) is 0 Å². The highest BCUT2D eigenvalue weighted by Crippen LogP contribution is 2.45. The minimum absolute atomic E-state index is 0.0189. The van der Waals surface area contributed by atoms with Gasteiger partial charge in [0.1, 0.15) is 22.3 Å². The molecule has 0 amide bonds. The summed E-state index contributed by atoms with van der Waals surface area (Å²) in [5.74, 6) is 0.620. The first-order valence-electron chi connectivity index (χ1n) is 25.0. The summed E-state index contributed by atoms with van der Waals surface area (Å²) in [5.41, 5.74) is 11.3. The third kappa shape index (κ3) is 6.02. The van der Waals surface area contributed by atoms with Crippen molar-refractivity contribution in [2.45, 2.75) is 13.3 Å². The molecule has 1 aliphatic heterocycles. The Bertz CT molecular complexity index is 4980. The number of furan rings is 2. The van der Waals surface area contributed by atoms with Gasteiger partial charge in [0.05, 0.1) is 33.7 Å². The Morgan fingerprint density at radius 1 is 0.452 bits per heavy atom. The average Bonchev–Trinajstić information content (AvgIpc) is 4.20. The Hall–Kier alpha value is -9.10. The van der Waals surface area contributed by atoms with Crippen molar-refractivity contribution in [1.29, 1.82) is 0 Å². The number of nitrogens with zero attached hydrogens (tertiary/aromatic N) is 3. The van der Waals surface area contributed by atoms with Gasteiger partial charge in [-0.1, -0.05) is 165 Å². The Morgan fingerprint density at radius 2 is 1.11 bits per heavy atom. The molecule has 6 heteroatoms. The summed E-state index contributed by atoms with van der Waals surface area (Å²) >= 11 is 1.84. The number of benzene rings is 11. The second-order valence-electron chi connectivity index (χ2n) is 19.6. The molecule has 5 heterocycles. The molecule has 1 unspecified atom stereocenters. The Kier molecular flexibility index (Phi) is 8.59. The van der Waals surface area contributed by atoms with E-state index in [1.807, 2.05) is 23.5 Å². The number of thiophene rings is 1. The zero-order valence-corrected chi connectivity index (χ0v) is 40.4. The zero-order valence-electron chi connectivity index (χ0n) is 39.6. The lowest BCUT2D eigenvalue weighted by molar-refractivity contribution is 0.668. The smallest absolute Gasteiger partial charge is 0.163 e. The van der Waals surface area contributed by atoms with E-state index in [0.717, 1.165) is 99.5 Å². The standard InChI is InChI=1S/C67H41N3O2S/c1-38-28-32-55(68-67(51-25-12-22-47-45-20-8-10-26-59(45)71-65(47)51)69-63(38)50-24-13-23-49-46-21-9-11-27-61(46)73-66(49)50)53-36-52-48-31-29-40-15-5-7-19-44(40)64(48)72-60(52)37-58(53)70-56-33-30-39-14-4-6-18-43(39)62(56)54-34-41-16-2-3-17-42(41)35-57(54)70/h2-27,29-38H,28H2,1H3/b55-32+,68-67-,69-63+. The van der Waals surface area contributed by atoms with E-state index in [1.54, 1.807) is 0 Å². The Labute approximate surface area is 421 Å². The Balaban J connectivity index is 1.03. The van der Waals surface area contributed by atoms with Gasteiger partial charge in [-0.25, -0.2) is 9.98 Å². The number of amidine groups is 1. The molecule has 0 N–H and O–H groups in total. The number of allylic oxidation sites excluding steroid dienone is 1. The number of aliphatic imine (C=N–C) groups is 2. The van der Waals surface area contributed by atoms with Gasteiger partial charge in [-0.15, -0.1) is 11.3 Å². The highest BCUT2D eigenvalue weighted by molar-refractivity contribution is 7.26. The molecule has 0 fully saturated rings. The topological polar surface area (TPSA) is 55.9 Å². The molecular formula is C67H41N3O2S. The van der Waals surface area contributed by atoms with E-state index in [2.05, 4.69) is 212 Å². The van der Waals surface area contributed by atoms with Gasteiger partial charge in [0, 0.05) is 81.0 Å². The summed E-state index contributed by atoms with van der Waals surface area (Å²) in [6.45, 7) is 2.31. The predicted molar refractivity (Wildman–Crippen MR) is 308 cm³/mol. The van der Waals surface area contributed by atoms with Crippen LogP contribution in [-0.4, -0.2) is 16.1 Å². The minimum Gasteiger partial charge on any atom is -0.455 e. The highest BCUT2D eigenvalue weighted by Gasteiger charge is 2.27. The van der Waals surface area contributed by atoms with Gasteiger partial charge in [-0.05, 0) is 81.9 Å². The molecule has 16 rings (SSSR count). The van der Waals surface area contributed by atoms with Crippen LogP contribution in [0.2, 0.25) is 0 Å². The van der Waals surface area contributed by atoms with Crippen molar-refractivity contribution in [3.8, 4) is 5.69 Å². The second kappa shape index (κ2) is 15.4. The maximum atomic E-state index is 7.06. The van der Waals surface area contributed by atoms with Crippen LogP contribution in [0.15, 0.2) is 231 Å². The fraction of sp³-hybridized carbons (Fsp3) is 0.0448. The zero-order chi connectivity index (χ0) is 47.9. The summed E-state index contributed by atoms with van der Waals surface area (Å²) in [6.07, 6.45) is 3.06. The molecule has 4 aromatic heterocycles. The lowest BCUT2D eigenvalue weighted by atomic mass is 9.92. The van der Waals surface area contributed by atoms with E-state index in [1.165, 1.54) is 52.5 Å². The molecule has 73 heavy (non-hydrogen) atoms. The monoisotopic (exact) mass is 951 g/mol. The molecule has 0 saturated carbocycles. The molecule has 11 aromatic carbocycles. The summed E-state index contributed by atoms with van der Waals surface area (Å²) in [5, 5.41) is 16.1. The fourth-order valence-corrected chi connectivity index (χ4v) is 13.2. The van der Waals surface area contributed by atoms with Crippen molar-refractivity contribution in [3.63, 3.8) is 0 Å². The first kappa shape index (κ1) is 40.6. The average molecular weight is 952 g/mol. The van der Waals surface area contributed by atoms with Crippen molar-refractivity contribution >= 4 is 147 Å². The summed E-state index contributed by atoms with van der Waals surface area (Å²) < 4.78 is 18.8. The first-order valence-corrected chi connectivity index (χ1v) is 25.8. The van der Waals surface area contributed by atoms with Crippen molar-refractivity contribution in [1.82, 2.24) is 4.57 Å². The van der Waals surface area contributed by atoms with Gasteiger partial charge < -0.3 is 13.4 Å².